The van der Waals surface area contributed by atoms with E-state index in [9.17, 15) is 4.79 Å². The Kier molecular flexibility index (Phi) is 10.3. The highest BCUT2D eigenvalue weighted by Crippen LogP contribution is 2.22. The maximum absolute atomic E-state index is 11.8. The van der Waals surface area contributed by atoms with Crippen LogP contribution < -0.4 is 4.74 Å². The number of methoxy groups -OCH3 is 1. The summed E-state index contributed by atoms with van der Waals surface area (Å²) in [5, 5.41) is 9.10. The van der Waals surface area contributed by atoms with Gasteiger partial charge in [0.15, 0.2) is 0 Å². The molecule has 198 valence electrons. The van der Waals surface area contributed by atoms with E-state index in [-0.39, 0.29) is 5.97 Å². The molecule has 0 aliphatic carbocycles. The molecule has 0 radical (unpaired) electrons. The SMILES string of the molecule is COC(=O)c1ccc(CN(CCc2ccc(C#N)cc2)CCc2ccccc2OCc2ccc(Br)cc2)cc1. The van der Waals surface area contributed by atoms with Crippen LogP contribution in [-0.4, -0.2) is 31.1 Å². The summed E-state index contributed by atoms with van der Waals surface area (Å²) in [5.41, 5.74) is 5.82. The molecule has 0 saturated heterocycles. The first-order valence-electron chi connectivity index (χ1n) is 12.9. The normalized spacial score (nSPS) is 10.7. The van der Waals surface area contributed by atoms with Crippen LogP contribution in [0, 0.1) is 11.3 Å². The molecule has 0 bridgehead atoms. The predicted molar refractivity (Wildman–Crippen MR) is 157 cm³/mol. The highest BCUT2D eigenvalue weighted by atomic mass is 79.9. The zero-order chi connectivity index (χ0) is 27.5. The third kappa shape index (κ3) is 8.54. The summed E-state index contributed by atoms with van der Waals surface area (Å²) in [7, 11) is 1.39. The van der Waals surface area contributed by atoms with Crippen LogP contribution in [-0.2, 0) is 30.7 Å². The second-order valence-corrected chi connectivity index (χ2v) is 10.2. The predicted octanol–water partition coefficient (Wildman–Crippen LogP) is 6.97. The molecule has 0 fully saturated rings. The third-order valence-corrected chi connectivity index (χ3v) is 7.09. The van der Waals surface area contributed by atoms with Crippen LogP contribution in [0.25, 0.3) is 0 Å². The molecule has 0 saturated carbocycles. The van der Waals surface area contributed by atoms with Crippen LogP contribution >= 0.6 is 15.9 Å². The fourth-order valence-electron chi connectivity index (χ4n) is 4.30. The first-order valence-corrected chi connectivity index (χ1v) is 13.7. The van der Waals surface area contributed by atoms with Gasteiger partial charge in [0.1, 0.15) is 12.4 Å². The van der Waals surface area contributed by atoms with Gasteiger partial charge in [-0.25, -0.2) is 4.79 Å². The summed E-state index contributed by atoms with van der Waals surface area (Å²) in [6.45, 7) is 2.96. The number of esters is 1. The number of halogens is 1. The van der Waals surface area contributed by atoms with Gasteiger partial charge in [-0.15, -0.1) is 0 Å². The monoisotopic (exact) mass is 582 g/mol. The maximum Gasteiger partial charge on any atom is 0.337 e. The van der Waals surface area contributed by atoms with Crippen LogP contribution in [0.5, 0.6) is 5.75 Å². The van der Waals surface area contributed by atoms with Gasteiger partial charge < -0.3 is 9.47 Å². The Morgan fingerprint density at radius 3 is 2.15 bits per heavy atom. The lowest BCUT2D eigenvalue weighted by Gasteiger charge is -2.23. The van der Waals surface area contributed by atoms with Crippen LogP contribution in [0.3, 0.4) is 0 Å². The van der Waals surface area contributed by atoms with E-state index in [1.165, 1.54) is 18.2 Å². The molecular weight excluding hydrogens is 552 g/mol. The van der Waals surface area contributed by atoms with Crippen molar-refractivity contribution in [3.63, 3.8) is 0 Å². The molecule has 0 aliphatic heterocycles. The molecule has 0 spiro atoms. The number of rotatable bonds is 12. The van der Waals surface area contributed by atoms with Crippen molar-refractivity contribution in [2.75, 3.05) is 20.2 Å². The number of carbonyl (C=O) groups is 1. The minimum absolute atomic E-state index is 0.334. The number of carbonyl (C=O) groups excluding carboxylic acids is 1. The molecule has 0 aliphatic rings. The number of benzene rings is 4. The second kappa shape index (κ2) is 14.3. The van der Waals surface area contributed by atoms with Gasteiger partial charge in [-0.05, 0) is 77.6 Å². The Morgan fingerprint density at radius 2 is 1.46 bits per heavy atom. The molecule has 4 aromatic rings. The minimum atomic E-state index is -0.334. The van der Waals surface area contributed by atoms with Crippen molar-refractivity contribution in [1.29, 1.82) is 5.26 Å². The second-order valence-electron chi connectivity index (χ2n) is 9.30. The molecule has 0 amide bonds. The molecule has 5 nitrogen and oxygen atoms in total. The molecule has 0 unspecified atom stereocenters. The first kappa shape index (κ1) is 28.1. The van der Waals surface area contributed by atoms with Gasteiger partial charge in [-0.2, -0.15) is 5.26 Å². The molecule has 0 N–H and O–H groups in total. The molecule has 0 atom stereocenters. The smallest absolute Gasteiger partial charge is 0.337 e. The van der Waals surface area contributed by atoms with Crippen molar-refractivity contribution in [2.45, 2.75) is 26.0 Å². The van der Waals surface area contributed by atoms with E-state index < -0.39 is 0 Å². The standard InChI is InChI=1S/C33H31BrN2O3/c1-38-33(37)30-14-10-27(11-15-30)23-36(20-18-25-6-8-26(22-35)9-7-25)21-19-29-4-2-3-5-32(29)39-24-28-12-16-31(34)17-13-28/h2-17H,18-21,23-24H2,1H3. The van der Waals surface area contributed by atoms with Gasteiger partial charge in [0, 0.05) is 24.1 Å². The summed E-state index contributed by atoms with van der Waals surface area (Å²) < 4.78 is 12.1. The molecule has 4 rings (SSSR count). The average Bonchev–Trinajstić information content (AvgIpc) is 2.99. The Balaban J connectivity index is 1.44. The number of ether oxygens (including phenoxy) is 2. The lowest BCUT2D eigenvalue weighted by atomic mass is 10.1. The lowest BCUT2D eigenvalue weighted by Crippen LogP contribution is -2.28. The summed E-state index contributed by atoms with van der Waals surface area (Å²) >= 11 is 3.48. The molecule has 4 aromatic carbocycles. The highest BCUT2D eigenvalue weighted by molar-refractivity contribution is 9.10. The van der Waals surface area contributed by atoms with Crippen LogP contribution in [0.15, 0.2) is 102 Å². The molecule has 0 heterocycles. The van der Waals surface area contributed by atoms with Crippen LogP contribution in [0.4, 0.5) is 0 Å². The van der Waals surface area contributed by atoms with Gasteiger partial charge in [0.25, 0.3) is 0 Å². The van der Waals surface area contributed by atoms with Crippen molar-refractivity contribution < 1.29 is 14.3 Å². The Hall–Kier alpha value is -3.92. The zero-order valence-electron chi connectivity index (χ0n) is 22.0. The highest BCUT2D eigenvalue weighted by Gasteiger charge is 2.12. The van der Waals surface area contributed by atoms with E-state index in [1.807, 2.05) is 72.8 Å². The van der Waals surface area contributed by atoms with Gasteiger partial charge in [0.05, 0.1) is 24.3 Å². The summed E-state index contributed by atoms with van der Waals surface area (Å²) in [4.78, 5) is 14.2. The van der Waals surface area contributed by atoms with Gasteiger partial charge in [0.2, 0.25) is 0 Å². The topological polar surface area (TPSA) is 62.6 Å². The average molecular weight is 584 g/mol. The molecule has 6 heteroatoms. The summed E-state index contributed by atoms with van der Waals surface area (Å²) in [6, 6.07) is 33.9. The van der Waals surface area contributed by atoms with Crippen molar-refractivity contribution in [3.8, 4) is 11.8 Å². The maximum atomic E-state index is 11.8. The zero-order valence-corrected chi connectivity index (χ0v) is 23.6. The summed E-state index contributed by atoms with van der Waals surface area (Å²) in [6.07, 6.45) is 1.71. The van der Waals surface area contributed by atoms with Crippen LogP contribution in [0.1, 0.15) is 38.2 Å². The van der Waals surface area contributed by atoms with E-state index in [2.05, 4.69) is 51.2 Å². The molecule has 0 aromatic heterocycles. The fraction of sp³-hybridized carbons (Fsp3) is 0.212. The van der Waals surface area contributed by atoms with E-state index in [4.69, 9.17) is 14.7 Å². The van der Waals surface area contributed by atoms with Gasteiger partial charge in [-0.1, -0.05) is 70.5 Å². The van der Waals surface area contributed by atoms with Gasteiger partial charge in [-0.3, -0.25) is 4.90 Å². The van der Waals surface area contributed by atoms with Gasteiger partial charge >= 0.3 is 5.97 Å². The number of nitriles is 1. The van der Waals surface area contributed by atoms with E-state index in [0.29, 0.717) is 17.7 Å². The Morgan fingerprint density at radius 1 is 0.821 bits per heavy atom. The summed E-state index contributed by atoms with van der Waals surface area (Å²) in [5.74, 6) is 0.564. The number of nitrogens with zero attached hydrogens (tertiary/aromatic N) is 2. The van der Waals surface area contributed by atoms with E-state index >= 15 is 0 Å². The Bertz CT molecular complexity index is 1400. The number of hydrogen-bond donors (Lipinski definition) is 0. The first-order chi connectivity index (χ1) is 19.0. The lowest BCUT2D eigenvalue weighted by molar-refractivity contribution is 0.0600. The molecular formula is C33H31BrN2O3. The number of hydrogen-bond acceptors (Lipinski definition) is 5. The minimum Gasteiger partial charge on any atom is -0.489 e. The Labute approximate surface area is 238 Å². The largest absolute Gasteiger partial charge is 0.489 e. The molecule has 39 heavy (non-hydrogen) atoms. The van der Waals surface area contributed by atoms with Crippen molar-refractivity contribution in [1.82, 2.24) is 4.90 Å². The van der Waals surface area contributed by atoms with Crippen molar-refractivity contribution >= 4 is 21.9 Å². The van der Waals surface area contributed by atoms with E-state index in [1.54, 1.807) is 0 Å². The third-order valence-electron chi connectivity index (χ3n) is 6.56. The van der Waals surface area contributed by atoms with E-state index in [0.717, 1.165) is 53.8 Å². The quantitative estimate of drug-likeness (QED) is 0.169. The van der Waals surface area contributed by atoms with Crippen LogP contribution in [0.2, 0.25) is 0 Å². The fourth-order valence-corrected chi connectivity index (χ4v) is 4.56. The van der Waals surface area contributed by atoms with Crippen molar-refractivity contribution in [2.24, 2.45) is 0 Å². The number of para-hydroxylation sites is 1. The van der Waals surface area contributed by atoms with Crippen molar-refractivity contribution in [3.05, 3.63) is 135 Å².